The largest absolute Gasteiger partial charge is 0.471 e. The number of amides is 1. The molecule has 3 nitrogen and oxygen atoms in total. The first-order chi connectivity index (χ1) is 12.3. The van der Waals surface area contributed by atoms with Gasteiger partial charge in [-0.3, -0.25) is 9.59 Å². The smallest absolute Gasteiger partial charge is 0.330 e. The van der Waals surface area contributed by atoms with Crippen LogP contribution < -0.4 is 0 Å². The van der Waals surface area contributed by atoms with Gasteiger partial charge >= 0.3 is 12.1 Å². The molecule has 7 heteroatoms. The molecule has 26 heavy (non-hydrogen) atoms. The van der Waals surface area contributed by atoms with Gasteiger partial charge in [0, 0.05) is 28.1 Å². The molecule has 2 heterocycles. The number of fused-ring (bicyclic) bond motifs is 4. The summed E-state index contributed by atoms with van der Waals surface area (Å²) in [6.07, 6.45) is 1.81. The van der Waals surface area contributed by atoms with Crippen LogP contribution in [0.25, 0.3) is 10.1 Å². The SMILES string of the molecule is O=C1C=CC2(C=C1)CCN(C(=O)C(F)(F)F)Cc1c2sc2ccccc12. The fourth-order valence-corrected chi connectivity index (χ4v) is 4.97. The molecule has 2 aliphatic rings. The molecule has 0 bridgehead atoms. The minimum atomic E-state index is -4.91. The second kappa shape index (κ2) is 5.81. The van der Waals surface area contributed by atoms with Crippen LogP contribution in [0.5, 0.6) is 0 Å². The van der Waals surface area contributed by atoms with Crippen LogP contribution >= 0.6 is 11.3 Å². The molecule has 0 atom stereocenters. The summed E-state index contributed by atoms with van der Waals surface area (Å²) in [6.45, 7) is -0.119. The number of thiophene rings is 1. The molecule has 134 valence electrons. The molecule has 2 aromatic rings. The van der Waals surface area contributed by atoms with E-state index in [2.05, 4.69) is 0 Å². The first-order valence-electron chi connectivity index (χ1n) is 8.10. The normalized spacial score (nSPS) is 19.0. The Morgan fingerprint density at radius 1 is 1.15 bits per heavy atom. The maximum Gasteiger partial charge on any atom is 0.471 e. The highest BCUT2D eigenvalue weighted by atomic mass is 32.1. The molecule has 1 aromatic carbocycles. The van der Waals surface area contributed by atoms with E-state index in [1.165, 1.54) is 23.5 Å². The van der Waals surface area contributed by atoms with Gasteiger partial charge in [-0.25, -0.2) is 0 Å². The monoisotopic (exact) mass is 377 g/mol. The zero-order chi connectivity index (χ0) is 18.5. The van der Waals surface area contributed by atoms with E-state index in [1.54, 1.807) is 12.2 Å². The van der Waals surface area contributed by atoms with Gasteiger partial charge in [0.05, 0.1) is 0 Å². The van der Waals surface area contributed by atoms with Gasteiger partial charge in [-0.1, -0.05) is 30.4 Å². The maximum atomic E-state index is 13.0. The number of rotatable bonds is 0. The third-order valence-electron chi connectivity index (χ3n) is 4.89. The van der Waals surface area contributed by atoms with E-state index < -0.39 is 17.5 Å². The molecule has 1 amide bonds. The highest BCUT2D eigenvalue weighted by Gasteiger charge is 2.45. The minimum Gasteiger partial charge on any atom is -0.330 e. The Hall–Kier alpha value is -2.41. The molecular weight excluding hydrogens is 363 g/mol. The van der Waals surface area contributed by atoms with Crippen molar-refractivity contribution in [3.8, 4) is 0 Å². The van der Waals surface area contributed by atoms with Crippen molar-refractivity contribution in [2.75, 3.05) is 6.54 Å². The Morgan fingerprint density at radius 2 is 1.85 bits per heavy atom. The predicted molar refractivity (Wildman–Crippen MR) is 92.9 cm³/mol. The quantitative estimate of drug-likeness (QED) is 0.692. The van der Waals surface area contributed by atoms with Crippen molar-refractivity contribution in [3.05, 3.63) is 59.0 Å². The molecule has 1 aliphatic carbocycles. The number of allylic oxidation sites excluding steroid dienone is 4. The van der Waals surface area contributed by atoms with Gasteiger partial charge in [0.1, 0.15) is 0 Å². The molecule has 0 saturated carbocycles. The average molecular weight is 377 g/mol. The Morgan fingerprint density at radius 3 is 2.54 bits per heavy atom. The van der Waals surface area contributed by atoms with Gasteiger partial charge in [0.25, 0.3) is 0 Å². The summed E-state index contributed by atoms with van der Waals surface area (Å²) >= 11 is 1.51. The van der Waals surface area contributed by atoms with E-state index in [0.717, 1.165) is 25.4 Å². The van der Waals surface area contributed by atoms with Gasteiger partial charge in [0.15, 0.2) is 5.78 Å². The molecule has 0 radical (unpaired) electrons. The molecular formula is C19H14F3NO2S. The zero-order valence-corrected chi connectivity index (χ0v) is 14.4. The van der Waals surface area contributed by atoms with Crippen LogP contribution in [0, 0.1) is 0 Å². The van der Waals surface area contributed by atoms with Crippen molar-refractivity contribution in [1.29, 1.82) is 0 Å². The third-order valence-corrected chi connectivity index (χ3v) is 6.29. The molecule has 1 aliphatic heterocycles. The Kier molecular flexibility index (Phi) is 3.80. The number of carbonyl (C=O) groups is 2. The van der Waals surface area contributed by atoms with Crippen molar-refractivity contribution >= 4 is 33.1 Å². The summed E-state index contributed by atoms with van der Waals surface area (Å²) < 4.78 is 40.0. The van der Waals surface area contributed by atoms with Crippen LogP contribution in [0.15, 0.2) is 48.6 Å². The lowest BCUT2D eigenvalue weighted by molar-refractivity contribution is -0.186. The zero-order valence-electron chi connectivity index (χ0n) is 13.5. The number of benzene rings is 1. The first kappa shape index (κ1) is 17.0. The minimum absolute atomic E-state index is 0.0308. The number of carbonyl (C=O) groups excluding carboxylic acids is 2. The fourth-order valence-electron chi connectivity index (χ4n) is 3.58. The highest BCUT2D eigenvalue weighted by Crippen LogP contribution is 2.46. The van der Waals surface area contributed by atoms with Crippen LogP contribution in [0.3, 0.4) is 0 Å². The lowest BCUT2D eigenvalue weighted by atomic mass is 9.78. The number of ketones is 1. The maximum absolute atomic E-state index is 13.0. The van der Waals surface area contributed by atoms with Crippen molar-refractivity contribution in [2.45, 2.75) is 24.6 Å². The number of hydrogen-bond donors (Lipinski definition) is 0. The van der Waals surface area contributed by atoms with Crippen molar-refractivity contribution in [3.63, 3.8) is 0 Å². The number of hydrogen-bond acceptors (Lipinski definition) is 3. The van der Waals surface area contributed by atoms with Gasteiger partial charge in [-0.15, -0.1) is 11.3 Å². The van der Waals surface area contributed by atoms with E-state index in [9.17, 15) is 22.8 Å². The molecule has 1 aromatic heterocycles. The molecule has 0 saturated heterocycles. The Labute approximate surface area is 151 Å². The first-order valence-corrected chi connectivity index (χ1v) is 8.91. The van der Waals surface area contributed by atoms with Crippen LogP contribution in [0.2, 0.25) is 0 Å². The van der Waals surface area contributed by atoms with Crippen molar-refractivity contribution in [1.82, 2.24) is 4.90 Å². The number of halogens is 3. The average Bonchev–Trinajstić information content (AvgIpc) is 2.91. The summed E-state index contributed by atoms with van der Waals surface area (Å²) in [7, 11) is 0. The molecule has 1 spiro atoms. The summed E-state index contributed by atoms with van der Waals surface area (Å²) in [4.78, 5) is 25.2. The standard InChI is InChI=1S/C19H14F3NO2S/c20-19(21,22)17(25)23-10-9-18(7-5-12(24)6-8-18)16-14(11-23)13-3-1-2-4-15(13)26-16/h1-8H,9-11H2. The topological polar surface area (TPSA) is 37.4 Å². The highest BCUT2D eigenvalue weighted by molar-refractivity contribution is 7.19. The van der Waals surface area contributed by atoms with Crippen LogP contribution in [-0.2, 0) is 21.5 Å². The molecule has 0 unspecified atom stereocenters. The van der Waals surface area contributed by atoms with Gasteiger partial charge in [-0.05, 0) is 35.6 Å². The van der Waals surface area contributed by atoms with E-state index in [1.807, 2.05) is 24.3 Å². The number of nitrogens with zero attached hydrogens (tertiary/aromatic N) is 1. The van der Waals surface area contributed by atoms with Gasteiger partial charge in [-0.2, -0.15) is 13.2 Å². The lowest BCUT2D eigenvalue weighted by Gasteiger charge is -2.28. The second-order valence-electron chi connectivity index (χ2n) is 6.49. The number of alkyl halides is 3. The van der Waals surface area contributed by atoms with Gasteiger partial charge < -0.3 is 4.90 Å². The fraction of sp³-hybridized carbons (Fsp3) is 0.263. The summed E-state index contributed by atoms with van der Waals surface area (Å²) in [5.41, 5.74) is 0.0671. The van der Waals surface area contributed by atoms with Crippen molar-refractivity contribution < 1.29 is 22.8 Å². The van der Waals surface area contributed by atoms with E-state index in [0.29, 0.717) is 6.42 Å². The van der Waals surface area contributed by atoms with E-state index in [-0.39, 0.29) is 18.9 Å². The Balaban J connectivity index is 1.89. The third kappa shape index (κ3) is 2.67. The van der Waals surface area contributed by atoms with Gasteiger partial charge in [0.2, 0.25) is 0 Å². The predicted octanol–water partition coefficient (Wildman–Crippen LogP) is 4.13. The van der Waals surface area contributed by atoms with Crippen LogP contribution in [-0.4, -0.2) is 29.3 Å². The Bertz CT molecular complexity index is 955. The van der Waals surface area contributed by atoms with Crippen LogP contribution in [0.4, 0.5) is 13.2 Å². The molecule has 0 N–H and O–H groups in total. The van der Waals surface area contributed by atoms with Crippen molar-refractivity contribution in [2.24, 2.45) is 0 Å². The molecule has 4 rings (SSSR count). The molecule has 0 fully saturated rings. The summed E-state index contributed by atoms with van der Waals surface area (Å²) in [5.74, 6) is -1.97. The van der Waals surface area contributed by atoms with E-state index >= 15 is 0 Å². The second-order valence-corrected chi connectivity index (χ2v) is 7.54. The lowest BCUT2D eigenvalue weighted by Crippen LogP contribution is -2.41. The summed E-state index contributed by atoms with van der Waals surface area (Å²) in [6, 6.07) is 7.49. The van der Waals surface area contributed by atoms with E-state index in [4.69, 9.17) is 0 Å². The van der Waals surface area contributed by atoms with Crippen LogP contribution in [0.1, 0.15) is 16.9 Å². The summed E-state index contributed by atoms with van der Waals surface area (Å²) in [5, 5.41) is 0.854.